The summed E-state index contributed by atoms with van der Waals surface area (Å²) in [7, 11) is 1.42. The monoisotopic (exact) mass is 289 g/mol. The summed E-state index contributed by atoms with van der Waals surface area (Å²) in [6, 6.07) is 9.61. The van der Waals surface area contributed by atoms with Crippen molar-refractivity contribution in [2.24, 2.45) is 17.8 Å². The van der Waals surface area contributed by atoms with Crippen LogP contribution in [0.2, 0.25) is 0 Å². The Morgan fingerprint density at radius 3 is 2.48 bits per heavy atom. The molecular weight excluding hydrogens is 270 g/mol. The van der Waals surface area contributed by atoms with Crippen LogP contribution in [0.1, 0.15) is 12.0 Å². The Morgan fingerprint density at radius 2 is 1.86 bits per heavy atom. The van der Waals surface area contributed by atoms with Gasteiger partial charge in [-0.3, -0.25) is 4.79 Å². The predicted octanol–water partition coefficient (Wildman–Crippen LogP) is 2.06. The van der Waals surface area contributed by atoms with Crippen molar-refractivity contribution in [2.75, 3.05) is 20.2 Å². The number of rotatable bonds is 3. The summed E-state index contributed by atoms with van der Waals surface area (Å²) < 4.78 is 10.1. The molecule has 0 aromatic heterocycles. The van der Waals surface area contributed by atoms with Gasteiger partial charge in [0, 0.05) is 13.1 Å². The van der Waals surface area contributed by atoms with E-state index in [1.54, 1.807) is 4.90 Å². The summed E-state index contributed by atoms with van der Waals surface area (Å²) in [5.74, 6) is 0.266. The van der Waals surface area contributed by atoms with Crippen LogP contribution in [0.5, 0.6) is 0 Å². The molecule has 1 saturated carbocycles. The van der Waals surface area contributed by atoms with Crippen LogP contribution in [0.25, 0.3) is 0 Å². The molecule has 0 unspecified atom stereocenters. The van der Waals surface area contributed by atoms with Crippen molar-refractivity contribution in [3.05, 3.63) is 35.9 Å². The van der Waals surface area contributed by atoms with Gasteiger partial charge < -0.3 is 14.4 Å². The first-order valence-corrected chi connectivity index (χ1v) is 7.22. The van der Waals surface area contributed by atoms with Crippen LogP contribution in [0.4, 0.5) is 4.79 Å². The average Bonchev–Trinajstić information content (AvgIpc) is 2.53. The van der Waals surface area contributed by atoms with Crippen LogP contribution in [0.15, 0.2) is 30.3 Å². The summed E-state index contributed by atoms with van der Waals surface area (Å²) in [5, 5.41) is 0. The van der Waals surface area contributed by atoms with Crippen molar-refractivity contribution in [2.45, 2.75) is 13.0 Å². The van der Waals surface area contributed by atoms with Crippen LogP contribution in [-0.4, -0.2) is 37.2 Å². The second-order valence-corrected chi connectivity index (χ2v) is 5.75. The second kappa shape index (κ2) is 5.76. The quantitative estimate of drug-likeness (QED) is 0.799. The molecule has 2 heterocycles. The smallest absolute Gasteiger partial charge is 0.410 e. The Hall–Kier alpha value is -2.04. The van der Waals surface area contributed by atoms with E-state index in [-0.39, 0.29) is 36.4 Å². The van der Waals surface area contributed by atoms with Crippen molar-refractivity contribution in [1.82, 2.24) is 4.90 Å². The Bertz CT molecular complexity index is 518. The van der Waals surface area contributed by atoms with Gasteiger partial charge in [-0.1, -0.05) is 30.3 Å². The summed E-state index contributed by atoms with van der Waals surface area (Å²) in [6.07, 6.45) is 0.708. The van der Waals surface area contributed by atoms with Crippen molar-refractivity contribution in [3.8, 4) is 0 Å². The highest BCUT2D eigenvalue weighted by Crippen LogP contribution is 2.46. The standard InChI is InChI=1S/C16H19NO4/c1-20-15(18)14-12-7-13(14)9-17(8-12)16(19)21-10-11-5-3-2-4-6-11/h2-6,12-14H,7-10H2,1H3/t12-,13-/m1/s1. The van der Waals surface area contributed by atoms with Crippen molar-refractivity contribution >= 4 is 12.1 Å². The fourth-order valence-electron chi connectivity index (χ4n) is 3.37. The van der Waals surface area contributed by atoms with Gasteiger partial charge in [0.1, 0.15) is 6.61 Å². The molecule has 0 N–H and O–H groups in total. The fourth-order valence-corrected chi connectivity index (χ4v) is 3.37. The van der Waals surface area contributed by atoms with Crippen LogP contribution < -0.4 is 0 Å². The Balaban J connectivity index is 1.51. The molecule has 5 heteroatoms. The number of benzene rings is 1. The second-order valence-electron chi connectivity index (χ2n) is 5.75. The van der Waals surface area contributed by atoms with Gasteiger partial charge in [0.25, 0.3) is 0 Å². The molecule has 3 fully saturated rings. The highest BCUT2D eigenvalue weighted by Gasteiger charge is 2.52. The zero-order valence-electron chi connectivity index (χ0n) is 12.0. The third-order valence-electron chi connectivity index (χ3n) is 4.47. The highest BCUT2D eigenvalue weighted by atomic mass is 16.6. The van der Waals surface area contributed by atoms with Gasteiger partial charge >= 0.3 is 12.1 Å². The Morgan fingerprint density at radius 1 is 1.19 bits per heavy atom. The highest BCUT2D eigenvalue weighted by molar-refractivity contribution is 5.75. The summed E-state index contributed by atoms with van der Waals surface area (Å²) in [6.45, 7) is 1.46. The lowest BCUT2D eigenvalue weighted by atomic mass is 9.61. The molecule has 1 aromatic rings. The minimum absolute atomic E-state index is 0.0341. The third kappa shape index (κ3) is 2.73. The topological polar surface area (TPSA) is 55.8 Å². The Labute approximate surface area is 123 Å². The first kappa shape index (κ1) is 13.9. The molecular formula is C16H19NO4. The molecule has 21 heavy (non-hydrogen) atoms. The van der Waals surface area contributed by atoms with E-state index in [4.69, 9.17) is 9.47 Å². The van der Waals surface area contributed by atoms with E-state index in [2.05, 4.69) is 0 Å². The number of amides is 1. The van der Waals surface area contributed by atoms with Crippen LogP contribution in [0, 0.1) is 17.8 Å². The number of hydrogen-bond donors (Lipinski definition) is 0. The SMILES string of the molecule is COC(=O)C1[C@@H]2C[C@@H]1CN(C(=O)OCc1ccccc1)C2. The van der Waals surface area contributed by atoms with Crippen LogP contribution in [0.3, 0.4) is 0 Å². The molecule has 1 amide bonds. The normalized spacial score (nSPS) is 26.7. The molecule has 2 saturated heterocycles. The number of hydrogen-bond acceptors (Lipinski definition) is 4. The fraction of sp³-hybridized carbons (Fsp3) is 0.500. The lowest BCUT2D eigenvalue weighted by Crippen LogP contribution is -2.59. The lowest BCUT2D eigenvalue weighted by Gasteiger charge is -2.51. The molecule has 2 bridgehead atoms. The summed E-state index contributed by atoms with van der Waals surface area (Å²) in [4.78, 5) is 25.4. The van der Waals surface area contributed by atoms with Gasteiger partial charge in [-0.15, -0.1) is 0 Å². The van der Waals surface area contributed by atoms with Crippen molar-refractivity contribution in [1.29, 1.82) is 0 Å². The molecule has 5 nitrogen and oxygen atoms in total. The van der Waals surface area contributed by atoms with E-state index in [1.807, 2.05) is 30.3 Å². The maximum Gasteiger partial charge on any atom is 0.410 e. The number of nitrogens with zero attached hydrogens (tertiary/aromatic N) is 1. The zero-order chi connectivity index (χ0) is 14.8. The van der Waals surface area contributed by atoms with Crippen molar-refractivity contribution < 1.29 is 19.1 Å². The van der Waals surface area contributed by atoms with E-state index in [1.165, 1.54) is 7.11 Å². The van der Waals surface area contributed by atoms with E-state index in [9.17, 15) is 9.59 Å². The molecule has 2 aliphatic heterocycles. The third-order valence-corrected chi connectivity index (χ3v) is 4.47. The molecule has 3 aliphatic rings. The average molecular weight is 289 g/mol. The molecule has 0 radical (unpaired) electrons. The Kier molecular flexibility index (Phi) is 3.82. The first-order chi connectivity index (χ1) is 10.2. The van der Waals surface area contributed by atoms with Gasteiger partial charge in [-0.2, -0.15) is 0 Å². The molecule has 1 aliphatic carbocycles. The number of ether oxygens (including phenoxy) is 2. The first-order valence-electron chi connectivity index (χ1n) is 7.22. The molecule has 4 rings (SSSR count). The minimum atomic E-state index is -0.295. The van der Waals surface area contributed by atoms with Gasteiger partial charge in [-0.25, -0.2) is 4.79 Å². The van der Waals surface area contributed by atoms with Gasteiger partial charge in [-0.05, 0) is 23.8 Å². The zero-order valence-corrected chi connectivity index (χ0v) is 12.0. The van der Waals surface area contributed by atoms with Crippen LogP contribution >= 0.6 is 0 Å². The van der Waals surface area contributed by atoms with Gasteiger partial charge in [0.15, 0.2) is 0 Å². The summed E-state index contributed by atoms with van der Waals surface area (Å²) >= 11 is 0. The molecule has 2 atom stereocenters. The lowest BCUT2D eigenvalue weighted by molar-refractivity contribution is -0.162. The largest absolute Gasteiger partial charge is 0.469 e. The van der Waals surface area contributed by atoms with E-state index in [0.717, 1.165) is 12.0 Å². The number of fused-ring (bicyclic) bond motifs is 2. The van der Waals surface area contributed by atoms with Gasteiger partial charge in [0.05, 0.1) is 13.0 Å². The maximum absolute atomic E-state index is 12.1. The van der Waals surface area contributed by atoms with E-state index in [0.29, 0.717) is 13.1 Å². The number of piperidine rings is 2. The molecule has 112 valence electrons. The molecule has 1 aromatic carbocycles. The van der Waals surface area contributed by atoms with Crippen molar-refractivity contribution in [3.63, 3.8) is 0 Å². The predicted molar refractivity (Wildman–Crippen MR) is 75.3 cm³/mol. The maximum atomic E-state index is 12.1. The van der Waals surface area contributed by atoms with E-state index < -0.39 is 0 Å². The van der Waals surface area contributed by atoms with Crippen LogP contribution in [-0.2, 0) is 20.9 Å². The summed E-state index contributed by atoms with van der Waals surface area (Å²) in [5.41, 5.74) is 0.973. The minimum Gasteiger partial charge on any atom is -0.469 e. The van der Waals surface area contributed by atoms with E-state index >= 15 is 0 Å². The number of carbonyl (C=O) groups excluding carboxylic acids is 2. The number of methoxy groups -OCH3 is 1. The molecule has 0 spiro atoms. The van der Waals surface area contributed by atoms with Gasteiger partial charge in [0.2, 0.25) is 0 Å². The number of carbonyl (C=O) groups is 2. The number of esters is 1.